The van der Waals surface area contributed by atoms with E-state index in [1.54, 1.807) is 13.8 Å². The lowest BCUT2D eigenvalue weighted by Crippen LogP contribution is -2.40. The summed E-state index contributed by atoms with van der Waals surface area (Å²) in [6, 6.07) is 0.00423. The van der Waals surface area contributed by atoms with Crippen LogP contribution < -0.4 is 10.6 Å². The van der Waals surface area contributed by atoms with E-state index in [1.807, 2.05) is 0 Å². The van der Waals surface area contributed by atoms with E-state index in [0.29, 0.717) is 13.0 Å². The third-order valence-electron chi connectivity index (χ3n) is 2.01. The Morgan fingerprint density at radius 1 is 1.44 bits per heavy atom. The van der Waals surface area contributed by atoms with Crippen molar-refractivity contribution in [2.24, 2.45) is 0 Å². The van der Waals surface area contributed by atoms with E-state index in [1.165, 1.54) is 0 Å². The highest BCUT2D eigenvalue weighted by Crippen LogP contribution is 2.12. The number of halogens is 2. The Hall–Kier alpha value is -0.790. The normalized spacial score (nSPS) is 11.9. The summed E-state index contributed by atoms with van der Waals surface area (Å²) in [4.78, 5) is 10.6. The molecule has 0 aromatic carbocycles. The molecule has 0 unspecified atom stereocenters. The lowest BCUT2D eigenvalue weighted by Gasteiger charge is -2.18. The molecule has 18 heavy (non-hydrogen) atoms. The number of nitrogens with one attached hydrogen (secondary N) is 2. The van der Waals surface area contributed by atoms with Crippen LogP contribution >= 0.6 is 0 Å². The zero-order valence-corrected chi connectivity index (χ0v) is 10.8. The largest absolute Gasteiger partial charge is 0.387 e. The standard InChI is InChI=1S/C11H22F2N2O3/c1-9(2)15-7-11(12,13)8-18-5-3-4-14-10(17)6-16/h9,15-16H,3-8H2,1-2H3,(H,14,17). The Bertz CT molecular complexity index is 238. The first-order valence-electron chi connectivity index (χ1n) is 5.94. The van der Waals surface area contributed by atoms with Crippen molar-refractivity contribution in [3.8, 4) is 0 Å². The highest BCUT2D eigenvalue weighted by molar-refractivity contribution is 5.76. The molecule has 0 atom stereocenters. The molecule has 0 aromatic heterocycles. The van der Waals surface area contributed by atoms with Crippen molar-refractivity contribution in [3.05, 3.63) is 0 Å². The van der Waals surface area contributed by atoms with Gasteiger partial charge in [-0.3, -0.25) is 4.79 Å². The molecule has 0 heterocycles. The minimum Gasteiger partial charge on any atom is -0.387 e. The molecule has 0 saturated carbocycles. The number of hydrogen-bond donors (Lipinski definition) is 3. The van der Waals surface area contributed by atoms with Gasteiger partial charge in [0, 0.05) is 19.2 Å². The van der Waals surface area contributed by atoms with Crippen molar-refractivity contribution in [2.45, 2.75) is 32.2 Å². The van der Waals surface area contributed by atoms with E-state index >= 15 is 0 Å². The summed E-state index contributed by atoms with van der Waals surface area (Å²) in [5.41, 5.74) is 0. The fourth-order valence-corrected chi connectivity index (χ4v) is 1.08. The molecule has 0 aliphatic rings. The summed E-state index contributed by atoms with van der Waals surface area (Å²) in [5, 5.41) is 13.4. The second-order valence-corrected chi connectivity index (χ2v) is 4.31. The number of ether oxygens (including phenoxy) is 1. The van der Waals surface area contributed by atoms with Crippen LogP contribution in [0, 0.1) is 0 Å². The highest BCUT2D eigenvalue weighted by Gasteiger charge is 2.28. The quantitative estimate of drug-likeness (QED) is 0.493. The lowest BCUT2D eigenvalue weighted by molar-refractivity contribution is -0.123. The fourth-order valence-electron chi connectivity index (χ4n) is 1.08. The zero-order valence-electron chi connectivity index (χ0n) is 10.8. The maximum absolute atomic E-state index is 13.2. The molecule has 1 amide bonds. The van der Waals surface area contributed by atoms with E-state index < -0.39 is 31.6 Å². The van der Waals surface area contributed by atoms with Crippen molar-refractivity contribution < 1.29 is 23.4 Å². The number of carbonyl (C=O) groups excluding carboxylic acids is 1. The molecule has 0 saturated heterocycles. The van der Waals surface area contributed by atoms with Crippen LogP contribution in [0.1, 0.15) is 20.3 Å². The van der Waals surface area contributed by atoms with Gasteiger partial charge in [0.1, 0.15) is 13.2 Å². The zero-order chi connectivity index (χ0) is 14.0. The molecule has 3 N–H and O–H groups in total. The molecule has 0 fully saturated rings. The van der Waals surface area contributed by atoms with Crippen LogP contribution in [-0.4, -0.2) is 55.9 Å². The van der Waals surface area contributed by atoms with Crippen molar-refractivity contribution in [3.63, 3.8) is 0 Å². The number of amides is 1. The summed E-state index contributed by atoms with van der Waals surface area (Å²) >= 11 is 0. The Balaban J connectivity index is 3.49. The molecule has 0 rings (SSSR count). The number of carbonyl (C=O) groups is 1. The van der Waals surface area contributed by atoms with Crippen LogP contribution in [0.3, 0.4) is 0 Å². The number of rotatable bonds is 10. The Kier molecular flexibility index (Phi) is 8.78. The number of aliphatic hydroxyl groups is 1. The van der Waals surface area contributed by atoms with Gasteiger partial charge in [-0.05, 0) is 6.42 Å². The second-order valence-electron chi connectivity index (χ2n) is 4.31. The van der Waals surface area contributed by atoms with Crippen molar-refractivity contribution >= 4 is 5.91 Å². The summed E-state index contributed by atoms with van der Waals surface area (Å²) in [7, 11) is 0. The number of hydrogen-bond acceptors (Lipinski definition) is 4. The second kappa shape index (κ2) is 9.18. The summed E-state index contributed by atoms with van der Waals surface area (Å²) in [5.74, 6) is -3.38. The summed E-state index contributed by atoms with van der Waals surface area (Å²) in [6.07, 6.45) is 0.430. The predicted octanol–water partition coefficient (Wildman–Crippen LogP) is 0.135. The van der Waals surface area contributed by atoms with Gasteiger partial charge in [-0.15, -0.1) is 0 Å². The van der Waals surface area contributed by atoms with Gasteiger partial charge in [-0.1, -0.05) is 13.8 Å². The average Bonchev–Trinajstić information content (AvgIpc) is 2.30. The van der Waals surface area contributed by atoms with Crippen LogP contribution in [0.15, 0.2) is 0 Å². The Morgan fingerprint density at radius 2 is 2.11 bits per heavy atom. The Morgan fingerprint density at radius 3 is 2.67 bits per heavy atom. The van der Waals surface area contributed by atoms with Crippen molar-refractivity contribution in [1.29, 1.82) is 0 Å². The summed E-state index contributed by atoms with van der Waals surface area (Å²) in [6.45, 7) is 2.41. The minimum absolute atomic E-state index is 0.00423. The molecule has 7 heteroatoms. The molecule has 108 valence electrons. The van der Waals surface area contributed by atoms with E-state index in [9.17, 15) is 13.6 Å². The fraction of sp³-hybridized carbons (Fsp3) is 0.909. The molecular weight excluding hydrogens is 246 g/mol. The molecule has 5 nitrogen and oxygen atoms in total. The van der Waals surface area contributed by atoms with Gasteiger partial charge in [-0.25, -0.2) is 8.78 Å². The monoisotopic (exact) mass is 268 g/mol. The Labute approximate surface area is 106 Å². The van der Waals surface area contributed by atoms with Gasteiger partial charge >= 0.3 is 0 Å². The van der Waals surface area contributed by atoms with Crippen LogP contribution in [0.5, 0.6) is 0 Å². The first kappa shape index (κ1) is 17.2. The van der Waals surface area contributed by atoms with Crippen LogP contribution in [0.25, 0.3) is 0 Å². The van der Waals surface area contributed by atoms with Gasteiger partial charge in [0.2, 0.25) is 5.91 Å². The molecule has 0 radical (unpaired) electrons. The average molecular weight is 268 g/mol. The van der Waals surface area contributed by atoms with E-state index in [-0.39, 0.29) is 12.6 Å². The molecule has 0 aliphatic heterocycles. The number of aliphatic hydroxyl groups excluding tert-OH is 1. The molecule has 0 aromatic rings. The van der Waals surface area contributed by atoms with Gasteiger partial charge in [0.25, 0.3) is 5.92 Å². The van der Waals surface area contributed by atoms with Crippen LogP contribution in [0.4, 0.5) is 8.78 Å². The third-order valence-corrected chi connectivity index (χ3v) is 2.01. The number of alkyl halides is 2. The topological polar surface area (TPSA) is 70.6 Å². The van der Waals surface area contributed by atoms with Gasteiger partial charge in [-0.2, -0.15) is 0 Å². The van der Waals surface area contributed by atoms with E-state index in [2.05, 4.69) is 10.6 Å². The minimum atomic E-state index is -2.89. The highest BCUT2D eigenvalue weighted by atomic mass is 19.3. The van der Waals surface area contributed by atoms with Gasteiger partial charge in [0.15, 0.2) is 0 Å². The predicted molar refractivity (Wildman–Crippen MR) is 63.6 cm³/mol. The lowest BCUT2D eigenvalue weighted by atomic mass is 10.3. The van der Waals surface area contributed by atoms with Gasteiger partial charge < -0.3 is 20.5 Å². The maximum Gasteiger partial charge on any atom is 0.283 e. The molecule has 0 spiro atoms. The molecule has 0 bridgehead atoms. The summed E-state index contributed by atoms with van der Waals surface area (Å²) < 4.78 is 31.2. The third kappa shape index (κ3) is 10.4. The van der Waals surface area contributed by atoms with E-state index in [0.717, 1.165) is 0 Å². The van der Waals surface area contributed by atoms with Crippen LogP contribution in [0.2, 0.25) is 0 Å². The molecule has 0 aliphatic carbocycles. The smallest absolute Gasteiger partial charge is 0.283 e. The SMILES string of the molecule is CC(C)NCC(F)(F)COCCCNC(=O)CO. The first-order valence-corrected chi connectivity index (χ1v) is 5.94. The maximum atomic E-state index is 13.2. The van der Waals surface area contributed by atoms with Crippen LogP contribution in [-0.2, 0) is 9.53 Å². The van der Waals surface area contributed by atoms with Gasteiger partial charge in [0.05, 0.1) is 6.54 Å². The first-order chi connectivity index (χ1) is 8.37. The van der Waals surface area contributed by atoms with Crippen molar-refractivity contribution in [1.82, 2.24) is 10.6 Å². The van der Waals surface area contributed by atoms with Crippen molar-refractivity contribution in [2.75, 3.05) is 32.9 Å². The molecular formula is C11H22F2N2O3. The van der Waals surface area contributed by atoms with E-state index in [4.69, 9.17) is 9.84 Å².